The molecule has 0 saturated carbocycles. The molecule has 2 rings (SSSR count). The number of Topliss-reactive ketones (excluding diaryl/α,β-unsaturated/α-hetero) is 1. The maximum absolute atomic E-state index is 13.2. The van der Waals surface area contributed by atoms with Crippen LogP contribution in [-0.4, -0.2) is 48.8 Å². The number of alkyl halides is 3. The SMILES string of the molecule is COc1ccc([C@H](NC(=O)[C@@H](N)COCc2ccccc2)C(=O)C[C@@H](C(C)C)[C@H](O)C(F)(F)F)cc1. The van der Waals surface area contributed by atoms with Gasteiger partial charge in [0.1, 0.15) is 17.8 Å². The first-order valence-corrected chi connectivity index (χ1v) is 11.5. The molecule has 198 valence electrons. The van der Waals surface area contributed by atoms with Crippen molar-refractivity contribution < 1.29 is 37.3 Å². The van der Waals surface area contributed by atoms with Gasteiger partial charge in [-0.15, -0.1) is 0 Å². The average Bonchev–Trinajstić information content (AvgIpc) is 2.85. The quantitative estimate of drug-likeness (QED) is 0.380. The van der Waals surface area contributed by atoms with Crippen LogP contribution in [0.2, 0.25) is 0 Å². The van der Waals surface area contributed by atoms with E-state index in [1.807, 2.05) is 30.3 Å². The summed E-state index contributed by atoms with van der Waals surface area (Å²) in [4.78, 5) is 26.0. The summed E-state index contributed by atoms with van der Waals surface area (Å²) < 4.78 is 50.2. The molecular formula is C26H33F3N2O5. The van der Waals surface area contributed by atoms with E-state index >= 15 is 0 Å². The van der Waals surface area contributed by atoms with Gasteiger partial charge in [-0.3, -0.25) is 9.59 Å². The van der Waals surface area contributed by atoms with E-state index in [2.05, 4.69) is 5.32 Å². The number of methoxy groups -OCH3 is 1. The van der Waals surface area contributed by atoms with Crippen LogP contribution in [0.15, 0.2) is 54.6 Å². The predicted molar refractivity (Wildman–Crippen MR) is 128 cm³/mol. The van der Waals surface area contributed by atoms with Gasteiger partial charge in [0.25, 0.3) is 0 Å². The Morgan fingerprint density at radius 3 is 2.19 bits per heavy atom. The van der Waals surface area contributed by atoms with Crippen molar-refractivity contribution in [2.45, 2.75) is 51.2 Å². The monoisotopic (exact) mass is 510 g/mol. The molecule has 7 nitrogen and oxygen atoms in total. The van der Waals surface area contributed by atoms with Gasteiger partial charge in [-0.25, -0.2) is 0 Å². The molecule has 4 N–H and O–H groups in total. The van der Waals surface area contributed by atoms with E-state index in [-0.39, 0.29) is 13.2 Å². The highest BCUT2D eigenvalue weighted by Gasteiger charge is 2.45. The number of aliphatic hydroxyl groups is 1. The van der Waals surface area contributed by atoms with Crippen LogP contribution in [0.3, 0.4) is 0 Å². The topological polar surface area (TPSA) is 111 Å². The number of amides is 1. The van der Waals surface area contributed by atoms with Crippen LogP contribution in [0.5, 0.6) is 5.75 Å². The molecule has 0 saturated heterocycles. The van der Waals surface area contributed by atoms with E-state index in [9.17, 15) is 27.9 Å². The number of nitrogens with two attached hydrogens (primary N) is 1. The van der Waals surface area contributed by atoms with Gasteiger partial charge in [0, 0.05) is 12.3 Å². The zero-order chi connectivity index (χ0) is 26.9. The van der Waals surface area contributed by atoms with E-state index in [4.69, 9.17) is 15.2 Å². The highest BCUT2D eigenvalue weighted by molar-refractivity contribution is 5.91. The summed E-state index contributed by atoms with van der Waals surface area (Å²) in [5.74, 6) is -2.93. The number of aliphatic hydroxyl groups excluding tert-OH is 1. The second kappa shape index (κ2) is 13.4. The summed E-state index contributed by atoms with van der Waals surface area (Å²) in [5.41, 5.74) is 7.18. The average molecular weight is 511 g/mol. The maximum atomic E-state index is 13.2. The van der Waals surface area contributed by atoms with Crippen molar-refractivity contribution in [1.82, 2.24) is 5.32 Å². The van der Waals surface area contributed by atoms with E-state index in [1.54, 1.807) is 12.1 Å². The lowest BCUT2D eigenvalue weighted by molar-refractivity contribution is -0.224. The van der Waals surface area contributed by atoms with Gasteiger partial charge in [0.05, 0.1) is 20.3 Å². The van der Waals surface area contributed by atoms with Crippen molar-refractivity contribution in [3.63, 3.8) is 0 Å². The van der Waals surface area contributed by atoms with Crippen LogP contribution in [0.25, 0.3) is 0 Å². The third-order valence-corrected chi connectivity index (χ3v) is 5.84. The molecule has 0 heterocycles. The van der Waals surface area contributed by atoms with Gasteiger partial charge in [-0.05, 0) is 29.2 Å². The molecule has 0 spiro atoms. The van der Waals surface area contributed by atoms with Gasteiger partial charge in [-0.1, -0.05) is 56.3 Å². The van der Waals surface area contributed by atoms with E-state index < -0.39 is 54.3 Å². The van der Waals surface area contributed by atoms with Crippen molar-refractivity contribution >= 4 is 11.7 Å². The standard InChI is InChI=1S/C26H33F3N2O5/c1-16(2)20(24(33)26(27,28)29)13-22(32)23(18-9-11-19(35-3)12-10-18)31-25(34)21(30)15-36-14-17-7-5-4-6-8-17/h4-12,16,20-21,23-24,33H,13-15,30H2,1-3H3,(H,31,34)/t20-,21-,23-,24-/m0/s1. The summed E-state index contributed by atoms with van der Waals surface area (Å²) in [5, 5.41) is 12.4. The number of carbonyl (C=O) groups excluding carboxylic acids is 2. The molecule has 4 atom stereocenters. The number of carbonyl (C=O) groups is 2. The minimum Gasteiger partial charge on any atom is -0.497 e. The fourth-order valence-corrected chi connectivity index (χ4v) is 3.65. The first kappa shape index (κ1) is 29.3. The Morgan fingerprint density at radius 2 is 1.67 bits per heavy atom. The molecule has 2 aromatic rings. The van der Waals surface area contributed by atoms with Crippen molar-refractivity contribution in [3.8, 4) is 5.75 Å². The second-order valence-electron chi connectivity index (χ2n) is 8.89. The molecule has 0 radical (unpaired) electrons. The number of hydrogen-bond acceptors (Lipinski definition) is 6. The van der Waals surface area contributed by atoms with E-state index in [0.717, 1.165) is 5.56 Å². The van der Waals surface area contributed by atoms with Crippen molar-refractivity contribution in [1.29, 1.82) is 0 Å². The largest absolute Gasteiger partial charge is 0.497 e. The van der Waals surface area contributed by atoms with Gasteiger partial charge in [-0.2, -0.15) is 13.2 Å². The Bertz CT molecular complexity index is 968. The molecular weight excluding hydrogens is 477 g/mol. The molecule has 1 amide bonds. The smallest absolute Gasteiger partial charge is 0.414 e. The number of halogens is 3. The highest BCUT2D eigenvalue weighted by Crippen LogP contribution is 2.33. The van der Waals surface area contributed by atoms with Crippen LogP contribution in [-0.2, 0) is 20.9 Å². The summed E-state index contributed by atoms with van der Waals surface area (Å²) in [6.07, 6.45) is -8.16. The molecule has 0 bridgehead atoms. The number of ketones is 1. The first-order valence-electron chi connectivity index (χ1n) is 11.5. The van der Waals surface area contributed by atoms with Crippen LogP contribution in [0.1, 0.15) is 37.4 Å². The number of ether oxygens (including phenoxy) is 2. The van der Waals surface area contributed by atoms with Crippen LogP contribution >= 0.6 is 0 Å². The Kier molecular flexibility index (Phi) is 10.9. The van der Waals surface area contributed by atoms with Gasteiger partial charge in [0.2, 0.25) is 5.91 Å². The molecule has 0 aliphatic heterocycles. The number of rotatable bonds is 13. The zero-order valence-corrected chi connectivity index (χ0v) is 20.5. The van der Waals surface area contributed by atoms with Crippen molar-refractivity contribution in [2.24, 2.45) is 17.6 Å². The van der Waals surface area contributed by atoms with Gasteiger partial charge < -0.3 is 25.6 Å². The Morgan fingerprint density at radius 1 is 1.06 bits per heavy atom. The third kappa shape index (κ3) is 8.61. The molecule has 0 unspecified atom stereocenters. The second-order valence-corrected chi connectivity index (χ2v) is 8.89. The number of hydrogen-bond donors (Lipinski definition) is 3. The molecule has 0 fully saturated rings. The minimum atomic E-state index is -4.88. The summed E-state index contributed by atoms with van der Waals surface area (Å²) in [6, 6.07) is 13.0. The molecule has 0 aromatic heterocycles. The fraction of sp³-hybridized carbons (Fsp3) is 0.462. The Balaban J connectivity index is 2.16. The fourth-order valence-electron chi connectivity index (χ4n) is 3.65. The predicted octanol–water partition coefficient (Wildman–Crippen LogP) is 3.55. The summed E-state index contributed by atoms with van der Waals surface area (Å²) in [6.45, 7) is 3.08. The van der Waals surface area contributed by atoms with Crippen molar-refractivity contribution in [3.05, 3.63) is 65.7 Å². The molecule has 10 heteroatoms. The lowest BCUT2D eigenvalue weighted by Crippen LogP contribution is -2.47. The van der Waals surface area contributed by atoms with E-state index in [1.165, 1.54) is 33.1 Å². The third-order valence-electron chi connectivity index (χ3n) is 5.84. The van der Waals surface area contributed by atoms with Crippen molar-refractivity contribution in [2.75, 3.05) is 13.7 Å². The lowest BCUT2D eigenvalue weighted by Gasteiger charge is -2.29. The Labute approximate surface area is 208 Å². The zero-order valence-electron chi connectivity index (χ0n) is 20.5. The van der Waals surface area contributed by atoms with Gasteiger partial charge in [0.15, 0.2) is 11.9 Å². The van der Waals surface area contributed by atoms with Crippen LogP contribution < -0.4 is 15.8 Å². The molecule has 0 aliphatic carbocycles. The summed E-state index contributed by atoms with van der Waals surface area (Å²) >= 11 is 0. The Hall–Kier alpha value is -2.95. The molecule has 36 heavy (non-hydrogen) atoms. The highest BCUT2D eigenvalue weighted by atomic mass is 19.4. The number of benzene rings is 2. The number of nitrogens with one attached hydrogen (secondary N) is 1. The maximum Gasteiger partial charge on any atom is 0.414 e. The van der Waals surface area contributed by atoms with Gasteiger partial charge >= 0.3 is 6.18 Å². The van der Waals surface area contributed by atoms with E-state index in [0.29, 0.717) is 11.3 Å². The van der Waals surface area contributed by atoms with Crippen LogP contribution in [0.4, 0.5) is 13.2 Å². The summed E-state index contributed by atoms with van der Waals surface area (Å²) in [7, 11) is 1.46. The minimum absolute atomic E-state index is 0.133. The molecule has 0 aliphatic rings. The molecule has 2 aromatic carbocycles. The normalized spacial score (nSPS) is 15.1. The first-order chi connectivity index (χ1) is 16.9. The lowest BCUT2D eigenvalue weighted by atomic mass is 9.83. The van der Waals surface area contributed by atoms with Crippen LogP contribution in [0, 0.1) is 11.8 Å².